The minimum Gasteiger partial charge on any atom is -0.382 e. The molecule has 0 bridgehead atoms. The SMILES string of the molecule is Clc1nnc2c(ccc3ccccc32)c1NCC1CC1. The fraction of sp³-hybridized carbons (Fsp3) is 0.250. The molecule has 1 heterocycles. The van der Waals surface area contributed by atoms with Crippen molar-refractivity contribution < 1.29 is 0 Å². The molecule has 1 aromatic heterocycles. The van der Waals surface area contributed by atoms with Crippen molar-refractivity contribution in [2.45, 2.75) is 12.8 Å². The van der Waals surface area contributed by atoms with Crippen LogP contribution in [0.4, 0.5) is 5.69 Å². The molecule has 0 atom stereocenters. The maximum atomic E-state index is 6.22. The first kappa shape index (κ1) is 11.9. The minimum absolute atomic E-state index is 0.452. The first-order valence-electron chi connectivity index (χ1n) is 6.90. The van der Waals surface area contributed by atoms with Gasteiger partial charge in [0.15, 0.2) is 5.15 Å². The number of rotatable bonds is 3. The Bertz CT molecular complexity index is 796. The highest BCUT2D eigenvalue weighted by Crippen LogP contribution is 2.34. The number of benzene rings is 2. The van der Waals surface area contributed by atoms with Crippen LogP contribution < -0.4 is 5.32 Å². The van der Waals surface area contributed by atoms with Crippen molar-refractivity contribution in [1.29, 1.82) is 0 Å². The first-order chi connectivity index (χ1) is 9.83. The molecule has 1 fully saturated rings. The third-order valence-corrected chi connectivity index (χ3v) is 4.14. The van der Waals surface area contributed by atoms with Gasteiger partial charge in [-0.05, 0) is 30.2 Å². The molecule has 100 valence electrons. The lowest BCUT2D eigenvalue weighted by Crippen LogP contribution is -2.05. The normalized spacial score (nSPS) is 14.8. The maximum Gasteiger partial charge on any atom is 0.175 e. The average molecular weight is 284 g/mol. The van der Waals surface area contributed by atoms with Crippen LogP contribution in [0.3, 0.4) is 0 Å². The summed E-state index contributed by atoms with van der Waals surface area (Å²) >= 11 is 6.22. The van der Waals surface area contributed by atoms with Gasteiger partial charge in [0.2, 0.25) is 0 Å². The highest BCUT2D eigenvalue weighted by atomic mass is 35.5. The molecular weight excluding hydrogens is 270 g/mol. The second kappa shape index (κ2) is 4.60. The van der Waals surface area contributed by atoms with Crippen molar-refractivity contribution in [3.63, 3.8) is 0 Å². The van der Waals surface area contributed by atoms with Crippen molar-refractivity contribution in [2.75, 3.05) is 11.9 Å². The topological polar surface area (TPSA) is 37.8 Å². The molecule has 0 aliphatic heterocycles. The van der Waals surface area contributed by atoms with Gasteiger partial charge in [0.1, 0.15) is 5.52 Å². The second-order valence-electron chi connectivity index (χ2n) is 5.37. The number of nitrogens with one attached hydrogen (secondary N) is 1. The van der Waals surface area contributed by atoms with Gasteiger partial charge in [-0.3, -0.25) is 0 Å². The molecule has 1 N–H and O–H groups in total. The molecule has 0 amide bonds. The third kappa shape index (κ3) is 1.98. The lowest BCUT2D eigenvalue weighted by Gasteiger charge is -2.11. The van der Waals surface area contributed by atoms with Crippen LogP contribution in [-0.2, 0) is 0 Å². The molecular formula is C16H14ClN3. The molecule has 2 aromatic carbocycles. The summed E-state index contributed by atoms with van der Waals surface area (Å²) < 4.78 is 0. The molecule has 1 aliphatic rings. The zero-order valence-electron chi connectivity index (χ0n) is 10.9. The van der Waals surface area contributed by atoms with Crippen LogP contribution in [0.1, 0.15) is 12.8 Å². The van der Waals surface area contributed by atoms with E-state index in [9.17, 15) is 0 Å². The van der Waals surface area contributed by atoms with E-state index < -0.39 is 0 Å². The average Bonchev–Trinajstić information content (AvgIpc) is 3.30. The van der Waals surface area contributed by atoms with Gasteiger partial charge >= 0.3 is 0 Å². The summed E-state index contributed by atoms with van der Waals surface area (Å²) in [6.45, 7) is 0.966. The Morgan fingerprint density at radius 1 is 1.05 bits per heavy atom. The van der Waals surface area contributed by atoms with Crippen LogP contribution in [0, 0.1) is 5.92 Å². The van der Waals surface area contributed by atoms with Crippen LogP contribution in [-0.4, -0.2) is 16.7 Å². The molecule has 20 heavy (non-hydrogen) atoms. The lowest BCUT2D eigenvalue weighted by atomic mass is 10.1. The monoisotopic (exact) mass is 283 g/mol. The number of anilines is 1. The quantitative estimate of drug-likeness (QED) is 0.730. The Morgan fingerprint density at radius 2 is 1.90 bits per heavy atom. The second-order valence-corrected chi connectivity index (χ2v) is 5.73. The van der Waals surface area contributed by atoms with Gasteiger partial charge in [-0.2, -0.15) is 0 Å². The zero-order valence-corrected chi connectivity index (χ0v) is 11.7. The number of hydrogen-bond acceptors (Lipinski definition) is 3. The Morgan fingerprint density at radius 3 is 2.75 bits per heavy atom. The summed E-state index contributed by atoms with van der Waals surface area (Å²) in [4.78, 5) is 0. The number of nitrogens with zero attached hydrogens (tertiary/aromatic N) is 2. The standard InChI is InChI=1S/C16H14ClN3/c17-16-15(18-9-10-5-6-10)13-8-7-11-3-1-2-4-12(11)14(13)19-20-16/h1-4,7-8,10H,5-6,9H2,(H,18,19). The van der Waals surface area contributed by atoms with E-state index in [1.807, 2.05) is 12.1 Å². The van der Waals surface area contributed by atoms with E-state index in [4.69, 9.17) is 11.6 Å². The van der Waals surface area contributed by atoms with E-state index in [1.165, 1.54) is 18.2 Å². The number of fused-ring (bicyclic) bond motifs is 3. The van der Waals surface area contributed by atoms with E-state index in [-0.39, 0.29) is 0 Å². The van der Waals surface area contributed by atoms with Gasteiger partial charge in [-0.25, -0.2) is 0 Å². The maximum absolute atomic E-state index is 6.22. The van der Waals surface area contributed by atoms with Crippen molar-refractivity contribution in [3.05, 3.63) is 41.6 Å². The summed E-state index contributed by atoms with van der Waals surface area (Å²) in [6.07, 6.45) is 2.62. The molecule has 0 saturated heterocycles. The molecule has 3 nitrogen and oxygen atoms in total. The molecule has 0 spiro atoms. The summed E-state index contributed by atoms with van der Waals surface area (Å²) in [5, 5.41) is 15.6. The van der Waals surface area contributed by atoms with Gasteiger partial charge in [0.05, 0.1) is 5.69 Å². The Balaban J connectivity index is 1.92. The van der Waals surface area contributed by atoms with E-state index in [0.29, 0.717) is 5.15 Å². The number of aromatic nitrogens is 2. The number of halogens is 1. The molecule has 0 radical (unpaired) electrons. The summed E-state index contributed by atoms with van der Waals surface area (Å²) in [7, 11) is 0. The van der Waals surface area contributed by atoms with Crippen molar-refractivity contribution >= 4 is 39.0 Å². The highest BCUT2D eigenvalue weighted by Gasteiger charge is 2.22. The molecule has 4 rings (SSSR count). The largest absolute Gasteiger partial charge is 0.382 e. The summed E-state index contributed by atoms with van der Waals surface area (Å²) in [6, 6.07) is 12.4. The fourth-order valence-electron chi connectivity index (χ4n) is 2.56. The molecule has 3 aromatic rings. The van der Waals surface area contributed by atoms with Gasteiger partial charge in [0.25, 0.3) is 0 Å². The third-order valence-electron chi connectivity index (χ3n) is 3.88. The lowest BCUT2D eigenvalue weighted by molar-refractivity contribution is 0.888. The minimum atomic E-state index is 0.452. The molecule has 4 heteroatoms. The molecule has 1 aliphatic carbocycles. The predicted octanol–water partition coefficient (Wildman–Crippen LogP) is 4.26. The Kier molecular flexibility index (Phi) is 2.74. The van der Waals surface area contributed by atoms with Crippen LogP contribution >= 0.6 is 11.6 Å². The van der Waals surface area contributed by atoms with Crippen LogP contribution in [0.25, 0.3) is 21.7 Å². The van der Waals surface area contributed by atoms with Gasteiger partial charge in [0, 0.05) is 17.3 Å². The van der Waals surface area contributed by atoms with Crippen molar-refractivity contribution in [3.8, 4) is 0 Å². The van der Waals surface area contributed by atoms with Crippen molar-refractivity contribution in [2.24, 2.45) is 5.92 Å². The van der Waals surface area contributed by atoms with Crippen molar-refractivity contribution in [1.82, 2.24) is 10.2 Å². The Labute approximate surface area is 122 Å². The first-order valence-corrected chi connectivity index (χ1v) is 7.28. The molecule has 0 unspecified atom stereocenters. The van der Waals surface area contributed by atoms with Crippen LogP contribution in [0.5, 0.6) is 0 Å². The zero-order chi connectivity index (χ0) is 13.5. The van der Waals surface area contributed by atoms with Gasteiger partial charge in [-0.15, -0.1) is 10.2 Å². The van der Waals surface area contributed by atoms with E-state index >= 15 is 0 Å². The fourth-order valence-corrected chi connectivity index (χ4v) is 2.76. The van der Waals surface area contributed by atoms with Crippen LogP contribution in [0.2, 0.25) is 5.15 Å². The highest BCUT2D eigenvalue weighted by molar-refractivity contribution is 6.33. The number of hydrogen-bond donors (Lipinski definition) is 1. The van der Waals surface area contributed by atoms with Gasteiger partial charge in [-0.1, -0.05) is 41.9 Å². The predicted molar refractivity (Wildman–Crippen MR) is 83.3 cm³/mol. The van der Waals surface area contributed by atoms with E-state index in [0.717, 1.165) is 34.4 Å². The smallest absolute Gasteiger partial charge is 0.175 e. The molecule has 1 saturated carbocycles. The summed E-state index contributed by atoms with van der Waals surface area (Å²) in [5.41, 5.74) is 1.82. The Hall–Kier alpha value is -1.87. The summed E-state index contributed by atoms with van der Waals surface area (Å²) in [5.74, 6) is 0.787. The van der Waals surface area contributed by atoms with E-state index in [2.05, 4.69) is 39.8 Å². The van der Waals surface area contributed by atoms with Crippen LogP contribution in [0.15, 0.2) is 36.4 Å². The van der Waals surface area contributed by atoms with E-state index in [1.54, 1.807) is 0 Å². The van der Waals surface area contributed by atoms with Gasteiger partial charge < -0.3 is 5.32 Å².